The summed E-state index contributed by atoms with van der Waals surface area (Å²) >= 11 is 0. The first-order chi connectivity index (χ1) is 7.60. The van der Waals surface area contributed by atoms with E-state index in [1.807, 2.05) is 25.1 Å². The predicted octanol–water partition coefficient (Wildman–Crippen LogP) is 1.19. The number of ether oxygens (including phenoxy) is 1. The highest BCUT2D eigenvalue weighted by atomic mass is 16.5. The number of benzene rings is 1. The maximum Gasteiger partial charge on any atom is 0.240 e. The second-order valence-electron chi connectivity index (χ2n) is 3.64. The zero-order valence-electron chi connectivity index (χ0n) is 10.2. The molecule has 0 aliphatic heterocycles. The van der Waals surface area contributed by atoms with Gasteiger partial charge >= 0.3 is 0 Å². The van der Waals surface area contributed by atoms with Crippen molar-refractivity contribution in [1.82, 2.24) is 5.32 Å². The fourth-order valence-corrected chi connectivity index (χ4v) is 1.49. The largest absolute Gasteiger partial charge is 0.496 e. The lowest BCUT2D eigenvalue weighted by Gasteiger charge is -2.18. The SMILES string of the molecule is CNCC(=O)N(C)c1ccc(OC)c(C)c1. The summed E-state index contributed by atoms with van der Waals surface area (Å²) in [6.07, 6.45) is 0. The average molecular weight is 222 g/mol. The molecule has 0 bridgehead atoms. The Balaban J connectivity index is 2.88. The summed E-state index contributed by atoms with van der Waals surface area (Å²) in [5.74, 6) is 0.866. The van der Waals surface area contributed by atoms with Gasteiger partial charge in [0.05, 0.1) is 13.7 Å². The Morgan fingerprint density at radius 3 is 2.69 bits per heavy atom. The molecule has 0 aliphatic carbocycles. The van der Waals surface area contributed by atoms with Crippen LogP contribution in [0.1, 0.15) is 5.56 Å². The molecule has 0 saturated carbocycles. The number of carbonyl (C=O) groups is 1. The zero-order chi connectivity index (χ0) is 12.1. The number of anilines is 1. The summed E-state index contributed by atoms with van der Waals surface area (Å²) in [5.41, 5.74) is 1.89. The lowest BCUT2D eigenvalue weighted by atomic mass is 10.2. The van der Waals surface area contributed by atoms with Crippen LogP contribution >= 0.6 is 0 Å². The summed E-state index contributed by atoms with van der Waals surface area (Å²) in [4.78, 5) is 13.3. The van der Waals surface area contributed by atoms with E-state index < -0.39 is 0 Å². The average Bonchev–Trinajstić information content (AvgIpc) is 2.28. The standard InChI is InChI=1S/C12H18N2O2/c1-9-7-10(5-6-11(9)16-4)14(3)12(15)8-13-2/h5-7,13H,8H2,1-4H3. The number of methoxy groups -OCH3 is 1. The minimum Gasteiger partial charge on any atom is -0.496 e. The fourth-order valence-electron chi connectivity index (χ4n) is 1.49. The van der Waals surface area contributed by atoms with Gasteiger partial charge in [-0.2, -0.15) is 0 Å². The topological polar surface area (TPSA) is 41.6 Å². The molecule has 1 aromatic rings. The Kier molecular flexibility index (Phi) is 4.31. The molecule has 0 aromatic heterocycles. The Labute approximate surface area is 96.2 Å². The van der Waals surface area contributed by atoms with Crippen LogP contribution in [-0.2, 0) is 4.79 Å². The number of likely N-dealkylation sites (N-methyl/N-ethyl adjacent to an activating group) is 2. The van der Waals surface area contributed by atoms with Crippen LogP contribution in [0.4, 0.5) is 5.69 Å². The first-order valence-electron chi connectivity index (χ1n) is 5.16. The van der Waals surface area contributed by atoms with E-state index in [1.54, 1.807) is 26.1 Å². The van der Waals surface area contributed by atoms with Crippen molar-refractivity contribution in [2.75, 3.05) is 32.6 Å². The number of rotatable bonds is 4. The molecule has 0 fully saturated rings. The van der Waals surface area contributed by atoms with Crippen LogP contribution in [0.2, 0.25) is 0 Å². The summed E-state index contributed by atoms with van der Waals surface area (Å²) < 4.78 is 5.17. The number of aryl methyl sites for hydroxylation is 1. The van der Waals surface area contributed by atoms with Gasteiger partial charge in [-0.25, -0.2) is 0 Å². The number of amides is 1. The van der Waals surface area contributed by atoms with Crippen LogP contribution in [0.3, 0.4) is 0 Å². The Bertz CT molecular complexity index is 377. The minimum atomic E-state index is 0.0343. The first kappa shape index (κ1) is 12.5. The van der Waals surface area contributed by atoms with E-state index >= 15 is 0 Å². The Morgan fingerprint density at radius 2 is 2.19 bits per heavy atom. The van der Waals surface area contributed by atoms with Crippen molar-refractivity contribution in [3.05, 3.63) is 23.8 Å². The summed E-state index contributed by atoms with van der Waals surface area (Å²) in [5, 5.41) is 2.84. The van der Waals surface area contributed by atoms with Gasteiger partial charge in [0, 0.05) is 12.7 Å². The molecule has 0 aliphatic rings. The highest BCUT2D eigenvalue weighted by Crippen LogP contribution is 2.23. The van der Waals surface area contributed by atoms with E-state index in [2.05, 4.69) is 5.32 Å². The quantitative estimate of drug-likeness (QED) is 0.832. The lowest BCUT2D eigenvalue weighted by Crippen LogP contribution is -2.34. The number of hydrogen-bond acceptors (Lipinski definition) is 3. The molecule has 0 atom stereocenters. The highest BCUT2D eigenvalue weighted by Gasteiger charge is 2.10. The van der Waals surface area contributed by atoms with Crippen molar-refractivity contribution in [2.24, 2.45) is 0 Å². The van der Waals surface area contributed by atoms with Crippen molar-refractivity contribution in [3.8, 4) is 5.75 Å². The molecule has 1 aromatic carbocycles. The van der Waals surface area contributed by atoms with Crippen LogP contribution < -0.4 is 15.0 Å². The monoisotopic (exact) mass is 222 g/mol. The van der Waals surface area contributed by atoms with Gasteiger partial charge in [0.15, 0.2) is 0 Å². The van der Waals surface area contributed by atoms with Crippen LogP contribution in [0.5, 0.6) is 5.75 Å². The number of nitrogens with one attached hydrogen (secondary N) is 1. The summed E-state index contributed by atoms with van der Waals surface area (Å²) in [6, 6.07) is 5.68. The second kappa shape index (κ2) is 5.51. The van der Waals surface area contributed by atoms with Crippen molar-refractivity contribution >= 4 is 11.6 Å². The number of carbonyl (C=O) groups excluding carboxylic acids is 1. The molecule has 1 rings (SSSR count). The molecule has 4 heteroatoms. The lowest BCUT2D eigenvalue weighted by molar-refractivity contribution is -0.117. The van der Waals surface area contributed by atoms with Gasteiger partial charge in [-0.05, 0) is 37.7 Å². The molecular weight excluding hydrogens is 204 g/mol. The Hall–Kier alpha value is -1.55. The summed E-state index contributed by atoms with van der Waals surface area (Å²) in [6.45, 7) is 2.29. The van der Waals surface area contributed by atoms with Crippen LogP contribution in [-0.4, -0.2) is 33.7 Å². The van der Waals surface area contributed by atoms with Crippen molar-refractivity contribution in [1.29, 1.82) is 0 Å². The molecular formula is C12H18N2O2. The highest BCUT2D eigenvalue weighted by molar-refractivity contribution is 5.94. The molecule has 0 heterocycles. The van der Waals surface area contributed by atoms with E-state index in [0.29, 0.717) is 6.54 Å². The van der Waals surface area contributed by atoms with E-state index in [9.17, 15) is 4.79 Å². The van der Waals surface area contributed by atoms with Gasteiger partial charge in [-0.3, -0.25) is 4.79 Å². The molecule has 4 nitrogen and oxygen atoms in total. The predicted molar refractivity (Wildman–Crippen MR) is 65.1 cm³/mol. The number of nitrogens with zero attached hydrogens (tertiary/aromatic N) is 1. The summed E-state index contributed by atoms with van der Waals surface area (Å²) in [7, 11) is 5.16. The van der Waals surface area contributed by atoms with E-state index in [1.165, 1.54) is 0 Å². The third kappa shape index (κ3) is 2.73. The fraction of sp³-hybridized carbons (Fsp3) is 0.417. The zero-order valence-corrected chi connectivity index (χ0v) is 10.2. The molecule has 88 valence electrons. The van der Waals surface area contributed by atoms with Gasteiger partial charge in [0.2, 0.25) is 5.91 Å². The van der Waals surface area contributed by atoms with Gasteiger partial charge in [0.25, 0.3) is 0 Å². The molecule has 16 heavy (non-hydrogen) atoms. The third-order valence-corrected chi connectivity index (χ3v) is 2.47. The van der Waals surface area contributed by atoms with E-state index in [4.69, 9.17) is 4.74 Å². The smallest absolute Gasteiger partial charge is 0.240 e. The van der Waals surface area contributed by atoms with Gasteiger partial charge in [-0.1, -0.05) is 0 Å². The minimum absolute atomic E-state index is 0.0343. The maximum absolute atomic E-state index is 11.6. The molecule has 1 N–H and O–H groups in total. The van der Waals surface area contributed by atoms with Crippen molar-refractivity contribution in [2.45, 2.75) is 6.92 Å². The third-order valence-electron chi connectivity index (χ3n) is 2.47. The van der Waals surface area contributed by atoms with Gasteiger partial charge in [0.1, 0.15) is 5.75 Å². The molecule has 1 amide bonds. The molecule has 0 spiro atoms. The van der Waals surface area contributed by atoms with Crippen molar-refractivity contribution in [3.63, 3.8) is 0 Å². The van der Waals surface area contributed by atoms with Crippen molar-refractivity contribution < 1.29 is 9.53 Å². The molecule has 0 saturated heterocycles. The van der Waals surface area contributed by atoms with E-state index in [0.717, 1.165) is 17.0 Å². The Morgan fingerprint density at radius 1 is 1.50 bits per heavy atom. The molecule has 0 unspecified atom stereocenters. The van der Waals surface area contributed by atoms with Crippen LogP contribution in [0.25, 0.3) is 0 Å². The number of hydrogen-bond donors (Lipinski definition) is 1. The normalized spacial score (nSPS) is 10.0. The second-order valence-corrected chi connectivity index (χ2v) is 3.64. The first-order valence-corrected chi connectivity index (χ1v) is 5.16. The van der Waals surface area contributed by atoms with Crippen LogP contribution in [0.15, 0.2) is 18.2 Å². The maximum atomic E-state index is 11.6. The van der Waals surface area contributed by atoms with Gasteiger partial charge < -0.3 is 15.0 Å². The van der Waals surface area contributed by atoms with Crippen LogP contribution in [0, 0.1) is 6.92 Å². The molecule has 0 radical (unpaired) electrons. The van der Waals surface area contributed by atoms with Gasteiger partial charge in [-0.15, -0.1) is 0 Å². The van der Waals surface area contributed by atoms with E-state index in [-0.39, 0.29) is 5.91 Å².